The van der Waals surface area contributed by atoms with E-state index in [-0.39, 0.29) is 11.5 Å². The fourth-order valence-corrected chi connectivity index (χ4v) is 2.75. The molecule has 0 amide bonds. The van der Waals surface area contributed by atoms with Gasteiger partial charge in [-0.25, -0.2) is 0 Å². The summed E-state index contributed by atoms with van der Waals surface area (Å²) in [5.74, 6) is 0. The monoisotopic (exact) mass is 331 g/mol. The highest BCUT2D eigenvalue weighted by Gasteiger charge is 2.20. The third-order valence-corrected chi connectivity index (χ3v) is 4.07. The quantitative estimate of drug-likeness (QED) is 0.842. The van der Waals surface area contributed by atoms with Crippen molar-refractivity contribution in [2.24, 2.45) is 5.73 Å². The van der Waals surface area contributed by atoms with Gasteiger partial charge < -0.3 is 5.73 Å². The Labute approximate surface area is 130 Å². The molecule has 0 heterocycles. The van der Waals surface area contributed by atoms with E-state index in [2.05, 4.69) is 85.2 Å². The van der Waals surface area contributed by atoms with Crippen LogP contribution in [0.2, 0.25) is 0 Å². The topological polar surface area (TPSA) is 26.0 Å². The number of hydrogen-bond acceptors (Lipinski definition) is 1. The van der Waals surface area contributed by atoms with Crippen molar-refractivity contribution in [1.29, 1.82) is 0 Å². The second-order valence-electron chi connectivity index (χ2n) is 6.27. The van der Waals surface area contributed by atoms with E-state index in [4.69, 9.17) is 5.73 Å². The number of rotatable bonds is 3. The van der Waals surface area contributed by atoms with Gasteiger partial charge in [-0.05, 0) is 40.7 Å². The molecule has 0 aliphatic carbocycles. The molecule has 106 valence electrons. The molecule has 2 heteroatoms. The molecule has 1 unspecified atom stereocenters. The molecule has 0 spiro atoms. The largest absolute Gasteiger partial charge is 0.324 e. The van der Waals surface area contributed by atoms with Gasteiger partial charge in [0, 0.05) is 10.5 Å². The van der Waals surface area contributed by atoms with E-state index >= 15 is 0 Å². The molecule has 2 N–H and O–H groups in total. The second-order valence-corrected chi connectivity index (χ2v) is 7.19. The first kappa shape index (κ1) is 15.3. The second kappa shape index (κ2) is 6.11. The summed E-state index contributed by atoms with van der Waals surface area (Å²) in [6, 6.07) is 16.9. The predicted molar refractivity (Wildman–Crippen MR) is 89.9 cm³/mol. The van der Waals surface area contributed by atoms with Crippen molar-refractivity contribution in [1.82, 2.24) is 0 Å². The summed E-state index contributed by atoms with van der Waals surface area (Å²) in [5, 5.41) is 0. The first-order valence-corrected chi connectivity index (χ1v) is 7.76. The first-order valence-electron chi connectivity index (χ1n) is 6.97. The molecule has 2 aromatic carbocycles. The Balaban J connectivity index is 2.25. The molecular formula is C18H22BrN. The van der Waals surface area contributed by atoms with Crippen LogP contribution in [-0.4, -0.2) is 0 Å². The highest BCUT2D eigenvalue weighted by molar-refractivity contribution is 9.10. The van der Waals surface area contributed by atoms with E-state index in [1.54, 1.807) is 0 Å². The molecule has 0 aliphatic heterocycles. The van der Waals surface area contributed by atoms with Crippen LogP contribution in [0.15, 0.2) is 53.0 Å². The summed E-state index contributed by atoms with van der Waals surface area (Å²) in [4.78, 5) is 0. The molecule has 0 aliphatic rings. The van der Waals surface area contributed by atoms with E-state index in [1.165, 1.54) is 16.7 Å². The van der Waals surface area contributed by atoms with Gasteiger partial charge in [-0.3, -0.25) is 0 Å². The van der Waals surface area contributed by atoms with Crippen LogP contribution in [0.5, 0.6) is 0 Å². The van der Waals surface area contributed by atoms with Gasteiger partial charge in [-0.15, -0.1) is 0 Å². The highest BCUT2D eigenvalue weighted by Crippen LogP contribution is 2.30. The molecule has 0 bridgehead atoms. The van der Waals surface area contributed by atoms with Crippen molar-refractivity contribution >= 4 is 15.9 Å². The van der Waals surface area contributed by atoms with E-state index in [1.807, 2.05) is 0 Å². The minimum Gasteiger partial charge on any atom is -0.324 e. The summed E-state index contributed by atoms with van der Waals surface area (Å²) in [6.07, 6.45) is 0.861. The summed E-state index contributed by atoms with van der Waals surface area (Å²) in [5.41, 5.74) is 10.4. The van der Waals surface area contributed by atoms with Gasteiger partial charge in [-0.1, -0.05) is 73.1 Å². The Bertz CT molecular complexity index is 567. The normalized spacial score (nSPS) is 13.2. The van der Waals surface area contributed by atoms with Crippen molar-refractivity contribution in [2.45, 2.75) is 38.6 Å². The van der Waals surface area contributed by atoms with Crippen LogP contribution in [0.4, 0.5) is 0 Å². The maximum atomic E-state index is 6.45. The third-order valence-electron chi connectivity index (χ3n) is 3.54. The van der Waals surface area contributed by atoms with Crippen LogP contribution in [-0.2, 0) is 11.8 Å². The predicted octanol–water partition coefficient (Wildman–Crippen LogP) is 4.99. The van der Waals surface area contributed by atoms with Crippen LogP contribution in [0.25, 0.3) is 0 Å². The van der Waals surface area contributed by atoms with Crippen molar-refractivity contribution in [3.8, 4) is 0 Å². The van der Waals surface area contributed by atoms with Gasteiger partial charge in [0.25, 0.3) is 0 Å². The van der Waals surface area contributed by atoms with Crippen molar-refractivity contribution in [3.05, 3.63) is 69.7 Å². The minimum atomic E-state index is 0.0339. The molecule has 1 atom stereocenters. The number of halogens is 1. The van der Waals surface area contributed by atoms with E-state index < -0.39 is 0 Å². The lowest BCUT2D eigenvalue weighted by atomic mass is 9.81. The lowest BCUT2D eigenvalue weighted by molar-refractivity contribution is 0.568. The van der Waals surface area contributed by atoms with Crippen LogP contribution < -0.4 is 5.73 Å². The van der Waals surface area contributed by atoms with Crippen molar-refractivity contribution in [2.75, 3.05) is 0 Å². The van der Waals surface area contributed by atoms with Crippen LogP contribution in [0, 0.1) is 0 Å². The van der Waals surface area contributed by atoms with Crippen molar-refractivity contribution in [3.63, 3.8) is 0 Å². The van der Waals surface area contributed by atoms with Gasteiger partial charge in [0.15, 0.2) is 0 Å². The minimum absolute atomic E-state index is 0.0339. The average molecular weight is 332 g/mol. The Kier molecular flexibility index (Phi) is 4.66. The molecule has 0 radical (unpaired) electrons. The Morgan fingerprint density at radius 1 is 1.00 bits per heavy atom. The lowest BCUT2D eigenvalue weighted by Crippen LogP contribution is -2.21. The molecular weight excluding hydrogens is 310 g/mol. The summed E-state index contributed by atoms with van der Waals surface area (Å²) in [6.45, 7) is 6.70. The summed E-state index contributed by atoms with van der Waals surface area (Å²) < 4.78 is 1.10. The Morgan fingerprint density at radius 3 is 2.20 bits per heavy atom. The van der Waals surface area contributed by atoms with Gasteiger partial charge in [0.05, 0.1) is 0 Å². The Morgan fingerprint density at radius 2 is 1.60 bits per heavy atom. The summed E-state index contributed by atoms with van der Waals surface area (Å²) >= 11 is 3.46. The SMILES string of the molecule is CC(C)(C)c1ccccc1C(N)Cc1ccc(Br)cc1. The van der Waals surface area contributed by atoms with Gasteiger partial charge >= 0.3 is 0 Å². The molecule has 0 fully saturated rings. The molecule has 0 aromatic heterocycles. The lowest BCUT2D eigenvalue weighted by Gasteiger charge is -2.26. The molecule has 0 saturated heterocycles. The number of hydrogen-bond donors (Lipinski definition) is 1. The van der Waals surface area contributed by atoms with E-state index in [0.717, 1.165) is 10.9 Å². The molecule has 0 saturated carbocycles. The summed E-state index contributed by atoms with van der Waals surface area (Å²) in [7, 11) is 0. The van der Waals surface area contributed by atoms with E-state index in [9.17, 15) is 0 Å². The smallest absolute Gasteiger partial charge is 0.0338 e. The van der Waals surface area contributed by atoms with Gasteiger partial charge in [0.2, 0.25) is 0 Å². The first-order chi connectivity index (χ1) is 9.38. The molecule has 2 rings (SSSR count). The van der Waals surface area contributed by atoms with Crippen LogP contribution in [0.3, 0.4) is 0 Å². The zero-order valence-electron chi connectivity index (χ0n) is 12.4. The average Bonchev–Trinajstić information content (AvgIpc) is 2.40. The van der Waals surface area contributed by atoms with Crippen molar-refractivity contribution < 1.29 is 0 Å². The van der Waals surface area contributed by atoms with Gasteiger partial charge in [0.1, 0.15) is 0 Å². The maximum Gasteiger partial charge on any atom is 0.0338 e. The standard InChI is InChI=1S/C18H22BrN/c1-18(2,3)16-7-5-4-6-15(16)17(20)12-13-8-10-14(19)11-9-13/h4-11,17H,12,20H2,1-3H3. The molecule has 20 heavy (non-hydrogen) atoms. The number of benzene rings is 2. The van der Waals surface area contributed by atoms with Crippen LogP contribution in [0.1, 0.15) is 43.5 Å². The highest BCUT2D eigenvalue weighted by atomic mass is 79.9. The fraction of sp³-hybridized carbons (Fsp3) is 0.333. The maximum absolute atomic E-state index is 6.45. The van der Waals surface area contributed by atoms with E-state index in [0.29, 0.717) is 0 Å². The molecule has 2 aromatic rings. The fourth-order valence-electron chi connectivity index (χ4n) is 2.49. The zero-order valence-corrected chi connectivity index (χ0v) is 13.9. The number of nitrogens with two attached hydrogens (primary N) is 1. The zero-order chi connectivity index (χ0) is 14.8. The van der Waals surface area contributed by atoms with Gasteiger partial charge in [-0.2, -0.15) is 0 Å². The molecule has 1 nitrogen and oxygen atoms in total. The van der Waals surface area contributed by atoms with Crippen LogP contribution >= 0.6 is 15.9 Å². The Hall–Kier alpha value is -1.12. The third kappa shape index (κ3) is 3.71.